The molecule has 3 fully saturated rings. The molecule has 4 aliphatic rings. The van der Waals surface area contributed by atoms with Crippen LogP contribution in [-0.2, 0) is 9.59 Å². The highest BCUT2D eigenvalue weighted by Gasteiger charge is 2.68. The lowest BCUT2D eigenvalue weighted by molar-refractivity contribution is -0.181. The van der Waals surface area contributed by atoms with Crippen LogP contribution in [0, 0.1) is 34.5 Å². The van der Waals surface area contributed by atoms with Crippen molar-refractivity contribution in [1.82, 2.24) is 0 Å². The third-order valence-electron chi connectivity index (χ3n) is 8.95. The van der Waals surface area contributed by atoms with Crippen molar-refractivity contribution in [2.45, 2.75) is 77.9 Å². The van der Waals surface area contributed by atoms with Crippen molar-refractivity contribution in [3.05, 3.63) is 11.6 Å². The maximum Gasteiger partial charge on any atom is 0.161 e. The normalized spacial score (nSPS) is 53.4. The van der Waals surface area contributed by atoms with Crippen LogP contribution >= 0.6 is 0 Å². The van der Waals surface area contributed by atoms with E-state index in [-0.39, 0.29) is 28.8 Å². The zero-order valence-corrected chi connectivity index (χ0v) is 16.4. The first-order chi connectivity index (χ1) is 12.0. The van der Waals surface area contributed by atoms with Crippen LogP contribution < -0.4 is 0 Å². The van der Waals surface area contributed by atoms with Crippen LogP contribution in [0.1, 0.15) is 66.2 Å². The third kappa shape index (κ3) is 2.09. The van der Waals surface area contributed by atoms with Crippen molar-refractivity contribution < 1.29 is 19.8 Å². The summed E-state index contributed by atoms with van der Waals surface area (Å²) in [6, 6.07) is 0. The van der Waals surface area contributed by atoms with E-state index in [2.05, 4.69) is 13.8 Å². The number of aliphatic hydroxyl groups is 2. The summed E-state index contributed by atoms with van der Waals surface area (Å²) in [4.78, 5) is 24.3. The summed E-state index contributed by atoms with van der Waals surface area (Å²) >= 11 is 0. The van der Waals surface area contributed by atoms with E-state index in [0.29, 0.717) is 31.1 Å². The molecule has 3 saturated carbocycles. The topological polar surface area (TPSA) is 74.6 Å². The zero-order chi connectivity index (χ0) is 19.1. The second-order valence-electron chi connectivity index (χ2n) is 10.1. The van der Waals surface area contributed by atoms with Gasteiger partial charge in [0, 0.05) is 11.8 Å². The molecule has 4 heteroatoms. The highest BCUT2D eigenvalue weighted by molar-refractivity contribution is 5.91. The first kappa shape index (κ1) is 18.4. The number of ketones is 2. The van der Waals surface area contributed by atoms with E-state index in [4.69, 9.17) is 0 Å². The standard InChI is InChI=1S/C22H32O4/c1-12-9-15-16-6-8-22(26,13(2)23)21(16,4)11-18(25)19(15)20(3)7-5-14(24)10-17(12)20/h10,12,15-16,18-19,25-26H,5-9,11H2,1-4H3/t12-,15+,16+,18-,19-,20+,21+,22+/m0/s1. The van der Waals surface area contributed by atoms with Gasteiger partial charge in [0.15, 0.2) is 11.6 Å². The minimum atomic E-state index is -1.31. The molecule has 4 aliphatic carbocycles. The first-order valence-electron chi connectivity index (χ1n) is 10.2. The van der Waals surface area contributed by atoms with E-state index in [9.17, 15) is 19.8 Å². The third-order valence-corrected chi connectivity index (χ3v) is 8.95. The van der Waals surface area contributed by atoms with Crippen molar-refractivity contribution in [1.29, 1.82) is 0 Å². The Hall–Kier alpha value is -1.00. The van der Waals surface area contributed by atoms with Crippen LogP contribution in [0.3, 0.4) is 0 Å². The van der Waals surface area contributed by atoms with Crippen LogP contribution in [0.15, 0.2) is 11.6 Å². The molecule has 8 atom stereocenters. The number of aliphatic hydroxyl groups excluding tert-OH is 1. The van der Waals surface area contributed by atoms with Crippen molar-refractivity contribution in [2.24, 2.45) is 34.5 Å². The minimum Gasteiger partial charge on any atom is -0.393 e. The molecule has 0 aromatic rings. The molecule has 0 heterocycles. The minimum absolute atomic E-state index is 0.116. The molecule has 2 N–H and O–H groups in total. The van der Waals surface area contributed by atoms with Crippen LogP contribution in [-0.4, -0.2) is 33.5 Å². The lowest BCUT2D eigenvalue weighted by Crippen LogP contribution is -2.62. The molecular weight excluding hydrogens is 328 g/mol. The fourth-order valence-electron chi connectivity index (χ4n) is 7.70. The van der Waals surface area contributed by atoms with E-state index < -0.39 is 17.1 Å². The SMILES string of the molecule is CC(=O)[C@]1(O)CC[C@@H]2[C@H]3C[C@H](C)C4=CC(=O)CC[C@@]4(C)[C@@H]3[C@@H](O)C[C@]21C. The number of carbonyl (C=O) groups is 2. The molecule has 0 aromatic heterocycles. The van der Waals surface area contributed by atoms with Crippen LogP contribution in [0.5, 0.6) is 0 Å². The average molecular weight is 360 g/mol. The van der Waals surface area contributed by atoms with Crippen LogP contribution in [0.4, 0.5) is 0 Å². The molecule has 26 heavy (non-hydrogen) atoms. The molecule has 0 aromatic carbocycles. The maximum absolute atomic E-state index is 12.3. The van der Waals surface area contributed by atoms with Crippen molar-refractivity contribution in [3.63, 3.8) is 0 Å². The smallest absolute Gasteiger partial charge is 0.161 e. The molecule has 0 saturated heterocycles. The van der Waals surface area contributed by atoms with Crippen molar-refractivity contribution in [3.8, 4) is 0 Å². The van der Waals surface area contributed by atoms with Crippen molar-refractivity contribution >= 4 is 11.6 Å². The van der Waals surface area contributed by atoms with Gasteiger partial charge in [-0.2, -0.15) is 0 Å². The van der Waals surface area contributed by atoms with E-state index in [1.165, 1.54) is 12.5 Å². The Bertz CT molecular complexity index is 696. The second-order valence-corrected chi connectivity index (χ2v) is 10.1. The Morgan fingerprint density at radius 3 is 2.62 bits per heavy atom. The van der Waals surface area contributed by atoms with Gasteiger partial charge in [0.1, 0.15) is 5.60 Å². The first-order valence-corrected chi connectivity index (χ1v) is 10.2. The monoisotopic (exact) mass is 360 g/mol. The van der Waals surface area contributed by atoms with Gasteiger partial charge in [0.25, 0.3) is 0 Å². The largest absolute Gasteiger partial charge is 0.393 e. The predicted molar refractivity (Wildman–Crippen MR) is 98.3 cm³/mol. The summed E-state index contributed by atoms with van der Waals surface area (Å²) in [5.41, 5.74) is -0.792. The lowest BCUT2D eigenvalue weighted by atomic mass is 9.44. The molecule has 0 bridgehead atoms. The van der Waals surface area contributed by atoms with Gasteiger partial charge in [-0.05, 0) is 74.2 Å². The van der Waals surface area contributed by atoms with E-state index in [1.54, 1.807) is 0 Å². The van der Waals surface area contributed by atoms with Gasteiger partial charge in [-0.15, -0.1) is 0 Å². The van der Waals surface area contributed by atoms with Gasteiger partial charge in [-0.25, -0.2) is 0 Å². The number of fused-ring (bicyclic) bond motifs is 5. The lowest BCUT2D eigenvalue weighted by Gasteiger charge is -2.61. The molecule has 144 valence electrons. The molecule has 0 amide bonds. The Morgan fingerprint density at radius 1 is 1.27 bits per heavy atom. The summed E-state index contributed by atoms with van der Waals surface area (Å²) in [7, 11) is 0. The average Bonchev–Trinajstić information content (AvgIpc) is 2.81. The second kappa shape index (κ2) is 5.51. The summed E-state index contributed by atoms with van der Waals surface area (Å²) in [5, 5.41) is 22.5. The molecule has 0 spiro atoms. The van der Waals surface area contributed by atoms with Gasteiger partial charge < -0.3 is 10.2 Å². The maximum atomic E-state index is 12.3. The number of hydrogen-bond donors (Lipinski definition) is 2. The highest BCUT2D eigenvalue weighted by Crippen LogP contribution is 2.68. The number of carbonyl (C=O) groups excluding carboxylic acids is 2. The molecule has 0 aliphatic heterocycles. The summed E-state index contributed by atoms with van der Waals surface area (Å²) in [6.07, 6.45) is 5.44. The van der Waals surface area contributed by atoms with Crippen LogP contribution in [0.25, 0.3) is 0 Å². The fourth-order valence-corrected chi connectivity index (χ4v) is 7.70. The Morgan fingerprint density at radius 2 is 1.96 bits per heavy atom. The summed E-state index contributed by atoms with van der Waals surface area (Å²) < 4.78 is 0. The number of rotatable bonds is 1. The highest BCUT2D eigenvalue weighted by atomic mass is 16.3. The number of allylic oxidation sites excluding steroid dienone is 1. The Labute approximate surface area is 156 Å². The molecule has 0 radical (unpaired) electrons. The molecule has 4 nitrogen and oxygen atoms in total. The van der Waals surface area contributed by atoms with Gasteiger partial charge in [-0.1, -0.05) is 26.3 Å². The van der Waals surface area contributed by atoms with E-state index in [0.717, 1.165) is 19.3 Å². The Balaban J connectivity index is 1.79. The molecule has 4 rings (SSSR count). The summed E-state index contributed by atoms with van der Waals surface area (Å²) in [6.45, 7) is 7.94. The quantitative estimate of drug-likeness (QED) is 0.754. The van der Waals surface area contributed by atoms with Gasteiger partial charge in [-0.3, -0.25) is 9.59 Å². The van der Waals surface area contributed by atoms with Gasteiger partial charge in [0.2, 0.25) is 0 Å². The van der Waals surface area contributed by atoms with Crippen LogP contribution in [0.2, 0.25) is 0 Å². The molecular formula is C22H32O4. The number of hydrogen-bond acceptors (Lipinski definition) is 4. The zero-order valence-electron chi connectivity index (χ0n) is 16.4. The van der Waals surface area contributed by atoms with E-state index in [1.807, 2.05) is 13.0 Å². The number of Topliss-reactive ketones (excluding diaryl/α,β-unsaturated/α-hetero) is 1. The van der Waals surface area contributed by atoms with E-state index >= 15 is 0 Å². The van der Waals surface area contributed by atoms with Gasteiger partial charge >= 0.3 is 0 Å². The Kier molecular flexibility index (Phi) is 3.89. The summed E-state index contributed by atoms with van der Waals surface area (Å²) in [5.74, 6) is 1.03. The van der Waals surface area contributed by atoms with Crippen molar-refractivity contribution in [2.75, 3.05) is 0 Å². The predicted octanol–water partition coefficient (Wildman–Crippen LogP) is 3.06. The van der Waals surface area contributed by atoms with Gasteiger partial charge in [0.05, 0.1) is 6.10 Å². The fraction of sp³-hybridized carbons (Fsp3) is 0.818. The molecule has 0 unspecified atom stereocenters.